The van der Waals surface area contributed by atoms with Gasteiger partial charge in [0.05, 0.1) is 11.8 Å². The van der Waals surface area contributed by atoms with E-state index < -0.39 is 0 Å². The molecule has 158 valence electrons. The molecule has 0 aromatic heterocycles. The maximum absolute atomic E-state index is 12.7. The molecule has 0 radical (unpaired) electrons. The van der Waals surface area contributed by atoms with Gasteiger partial charge in [0.1, 0.15) is 5.37 Å². The molecule has 4 rings (SSSR count). The topological polar surface area (TPSA) is 49.4 Å². The van der Waals surface area contributed by atoms with Crippen LogP contribution in [0.15, 0.2) is 78.9 Å². The number of rotatable bonds is 6. The molecule has 2 amide bonds. The lowest BCUT2D eigenvalue weighted by Crippen LogP contribution is -2.28. The number of hydrogen-bond acceptors (Lipinski definition) is 3. The van der Waals surface area contributed by atoms with Crippen molar-refractivity contribution in [1.29, 1.82) is 0 Å². The maximum atomic E-state index is 12.7. The first-order valence-electron chi connectivity index (χ1n) is 10.1. The number of benzene rings is 3. The average molecular weight is 451 g/mol. The monoisotopic (exact) mass is 450 g/mol. The molecule has 0 bridgehead atoms. The van der Waals surface area contributed by atoms with Crippen LogP contribution >= 0.6 is 23.4 Å². The highest BCUT2D eigenvalue weighted by molar-refractivity contribution is 8.00. The van der Waals surface area contributed by atoms with Crippen molar-refractivity contribution in [2.45, 2.75) is 24.9 Å². The van der Waals surface area contributed by atoms with Crippen molar-refractivity contribution in [2.75, 3.05) is 5.75 Å². The van der Waals surface area contributed by atoms with Crippen LogP contribution in [0, 0.1) is 0 Å². The lowest BCUT2D eigenvalue weighted by Gasteiger charge is -2.24. The van der Waals surface area contributed by atoms with Gasteiger partial charge in [-0.3, -0.25) is 9.59 Å². The summed E-state index contributed by atoms with van der Waals surface area (Å²) in [6.07, 6.45) is 0. The summed E-state index contributed by atoms with van der Waals surface area (Å²) in [6, 6.07) is 24.9. The molecule has 3 aromatic carbocycles. The van der Waals surface area contributed by atoms with Gasteiger partial charge in [0.15, 0.2) is 0 Å². The number of thioether (sulfide) groups is 1. The lowest BCUT2D eigenvalue weighted by molar-refractivity contribution is -0.128. The van der Waals surface area contributed by atoms with Crippen LogP contribution in [0.1, 0.15) is 45.4 Å². The highest BCUT2D eigenvalue weighted by Gasteiger charge is 2.32. The zero-order valence-corrected chi connectivity index (χ0v) is 18.7. The largest absolute Gasteiger partial charge is 0.346 e. The van der Waals surface area contributed by atoms with Crippen LogP contribution in [0.25, 0.3) is 0 Å². The molecular formula is C25H23ClN2O2S. The number of nitrogens with one attached hydrogen (secondary N) is 1. The second-order valence-electron chi connectivity index (χ2n) is 7.54. The van der Waals surface area contributed by atoms with Crippen molar-refractivity contribution < 1.29 is 9.59 Å². The van der Waals surface area contributed by atoms with Crippen LogP contribution in [-0.4, -0.2) is 22.5 Å². The van der Waals surface area contributed by atoms with Crippen molar-refractivity contribution in [2.24, 2.45) is 0 Å². The van der Waals surface area contributed by atoms with E-state index in [2.05, 4.69) is 5.32 Å². The fraction of sp³-hybridized carbons (Fsp3) is 0.200. The number of amides is 2. The summed E-state index contributed by atoms with van der Waals surface area (Å²) >= 11 is 7.58. The van der Waals surface area contributed by atoms with Gasteiger partial charge < -0.3 is 10.2 Å². The van der Waals surface area contributed by atoms with E-state index in [4.69, 9.17) is 11.6 Å². The smallest absolute Gasteiger partial charge is 0.251 e. The lowest BCUT2D eigenvalue weighted by atomic mass is 10.1. The van der Waals surface area contributed by atoms with Gasteiger partial charge in [-0.2, -0.15) is 0 Å². The summed E-state index contributed by atoms with van der Waals surface area (Å²) < 4.78 is 0. The molecule has 1 aliphatic heterocycles. The molecule has 2 atom stereocenters. The quantitative estimate of drug-likeness (QED) is 0.531. The fourth-order valence-electron chi connectivity index (χ4n) is 3.59. The third-order valence-electron chi connectivity index (χ3n) is 5.34. The SMILES string of the molecule is C[C@@H](NC(=O)c1ccc([C@@H]2SCC(=O)N2Cc2ccc(Cl)cc2)cc1)c1ccccc1. The Morgan fingerprint density at radius 2 is 1.74 bits per heavy atom. The Labute approximate surface area is 191 Å². The van der Waals surface area contributed by atoms with Crippen LogP contribution in [0.5, 0.6) is 0 Å². The normalized spacial score (nSPS) is 16.9. The van der Waals surface area contributed by atoms with Gasteiger partial charge in [-0.1, -0.05) is 66.2 Å². The number of nitrogens with zero attached hydrogens (tertiary/aromatic N) is 1. The molecule has 0 spiro atoms. The molecule has 31 heavy (non-hydrogen) atoms. The van der Waals surface area contributed by atoms with Crippen LogP contribution in [-0.2, 0) is 11.3 Å². The van der Waals surface area contributed by atoms with Gasteiger partial charge in [0.25, 0.3) is 5.91 Å². The van der Waals surface area contributed by atoms with Crippen molar-refractivity contribution in [3.8, 4) is 0 Å². The van der Waals surface area contributed by atoms with Crippen molar-refractivity contribution in [3.63, 3.8) is 0 Å². The second-order valence-corrected chi connectivity index (χ2v) is 9.04. The molecule has 1 saturated heterocycles. The van der Waals surface area contributed by atoms with E-state index in [9.17, 15) is 9.59 Å². The first-order valence-corrected chi connectivity index (χ1v) is 11.6. The van der Waals surface area contributed by atoms with Gasteiger partial charge >= 0.3 is 0 Å². The van der Waals surface area contributed by atoms with Crippen LogP contribution in [0.3, 0.4) is 0 Å². The highest BCUT2D eigenvalue weighted by atomic mass is 35.5. The molecule has 4 nitrogen and oxygen atoms in total. The first kappa shape index (κ1) is 21.5. The fourth-order valence-corrected chi connectivity index (χ4v) is 4.91. The molecule has 1 heterocycles. The third-order valence-corrected chi connectivity index (χ3v) is 6.85. The van der Waals surface area contributed by atoms with Gasteiger partial charge in [-0.05, 0) is 47.9 Å². The Balaban J connectivity index is 1.44. The first-order chi connectivity index (χ1) is 15.0. The number of carbonyl (C=O) groups is 2. The summed E-state index contributed by atoms with van der Waals surface area (Å²) in [5.41, 5.74) is 3.71. The van der Waals surface area contributed by atoms with Crippen LogP contribution in [0.2, 0.25) is 5.02 Å². The Kier molecular flexibility index (Phi) is 6.64. The third kappa shape index (κ3) is 5.12. The second kappa shape index (κ2) is 9.58. The van der Waals surface area contributed by atoms with E-state index >= 15 is 0 Å². The number of halogens is 1. The minimum Gasteiger partial charge on any atom is -0.346 e. The molecule has 1 fully saturated rings. The summed E-state index contributed by atoms with van der Waals surface area (Å²) in [5, 5.41) is 3.65. The van der Waals surface area contributed by atoms with E-state index in [1.54, 1.807) is 11.8 Å². The van der Waals surface area contributed by atoms with Crippen LogP contribution in [0.4, 0.5) is 0 Å². The van der Waals surface area contributed by atoms with Gasteiger partial charge in [0, 0.05) is 17.1 Å². The average Bonchev–Trinajstić information content (AvgIpc) is 3.16. The zero-order chi connectivity index (χ0) is 21.8. The minimum absolute atomic E-state index is 0.0662. The van der Waals surface area contributed by atoms with Gasteiger partial charge in [0.2, 0.25) is 5.91 Å². The molecule has 3 aromatic rings. The Bertz CT molecular complexity index is 1060. The highest BCUT2D eigenvalue weighted by Crippen LogP contribution is 2.39. The minimum atomic E-state index is -0.115. The molecule has 0 saturated carbocycles. The van der Waals surface area contributed by atoms with E-state index in [1.807, 2.05) is 90.7 Å². The standard InChI is InChI=1S/C25H23ClN2O2S/c1-17(19-5-3-2-4-6-19)27-24(30)20-9-11-21(12-10-20)25-28(23(29)16-31-25)15-18-7-13-22(26)14-8-18/h2-14,17,25H,15-16H2,1H3,(H,27,30)/t17-,25+/m1/s1. The molecule has 1 N–H and O–H groups in total. The van der Waals surface area contributed by atoms with E-state index in [0.29, 0.717) is 22.9 Å². The Hall–Kier alpha value is -2.76. The predicted octanol–water partition coefficient (Wildman–Crippen LogP) is 5.61. The predicted molar refractivity (Wildman–Crippen MR) is 126 cm³/mol. The molecule has 0 unspecified atom stereocenters. The Morgan fingerprint density at radius 3 is 2.42 bits per heavy atom. The van der Waals surface area contributed by atoms with Crippen molar-refractivity contribution in [3.05, 3.63) is 106 Å². The summed E-state index contributed by atoms with van der Waals surface area (Å²) in [4.78, 5) is 27.0. The number of hydrogen-bond donors (Lipinski definition) is 1. The molecular weight excluding hydrogens is 428 g/mol. The molecule has 1 aliphatic rings. The summed E-state index contributed by atoms with van der Waals surface area (Å²) in [5.74, 6) is 0.453. The van der Waals surface area contributed by atoms with Gasteiger partial charge in [-0.25, -0.2) is 0 Å². The van der Waals surface area contributed by atoms with Crippen LogP contribution < -0.4 is 5.32 Å². The van der Waals surface area contributed by atoms with Crippen molar-refractivity contribution in [1.82, 2.24) is 10.2 Å². The van der Waals surface area contributed by atoms with E-state index in [1.165, 1.54) is 0 Å². The zero-order valence-electron chi connectivity index (χ0n) is 17.1. The number of carbonyl (C=O) groups excluding carboxylic acids is 2. The Morgan fingerprint density at radius 1 is 1.06 bits per heavy atom. The summed E-state index contributed by atoms with van der Waals surface area (Å²) in [7, 11) is 0. The maximum Gasteiger partial charge on any atom is 0.251 e. The molecule has 6 heteroatoms. The van der Waals surface area contributed by atoms with E-state index in [-0.39, 0.29) is 23.2 Å². The molecule has 0 aliphatic carbocycles. The van der Waals surface area contributed by atoms with Gasteiger partial charge in [-0.15, -0.1) is 11.8 Å². The summed E-state index contributed by atoms with van der Waals surface area (Å²) in [6.45, 7) is 2.50. The van der Waals surface area contributed by atoms with E-state index in [0.717, 1.165) is 16.7 Å². The van der Waals surface area contributed by atoms with Crippen molar-refractivity contribution >= 4 is 35.2 Å².